The van der Waals surface area contributed by atoms with E-state index in [4.69, 9.17) is 14.6 Å². The monoisotopic (exact) mass is 278 g/mol. The number of hydrogen-bond donors (Lipinski definition) is 4. The van der Waals surface area contributed by atoms with Gasteiger partial charge in [-0.1, -0.05) is 19.8 Å². The van der Waals surface area contributed by atoms with Crippen LogP contribution in [0.2, 0.25) is 0 Å². The van der Waals surface area contributed by atoms with E-state index >= 15 is 0 Å². The van der Waals surface area contributed by atoms with Crippen molar-refractivity contribution in [2.45, 2.75) is 63.3 Å². The van der Waals surface area contributed by atoms with Crippen LogP contribution in [0.5, 0.6) is 0 Å². The molecule has 0 aromatic heterocycles. The number of aliphatic hydroxyl groups excluding tert-OH is 4. The van der Waals surface area contributed by atoms with Gasteiger partial charge in [-0.25, -0.2) is 0 Å². The van der Waals surface area contributed by atoms with Gasteiger partial charge in [-0.3, -0.25) is 4.79 Å². The highest BCUT2D eigenvalue weighted by Gasteiger charge is 2.45. The maximum Gasteiger partial charge on any atom is 0.306 e. The Morgan fingerprint density at radius 2 is 1.89 bits per heavy atom. The van der Waals surface area contributed by atoms with Crippen LogP contribution in [0.25, 0.3) is 0 Å². The predicted molar refractivity (Wildman–Crippen MR) is 64.0 cm³/mol. The van der Waals surface area contributed by atoms with Crippen molar-refractivity contribution >= 4 is 5.97 Å². The Balaban J connectivity index is 2.55. The number of unbranched alkanes of at least 4 members (excludes halogenated alkanes) is 2. The summed E-state index contributed by atoms with van der Waals surface area (Å²) in [6, 6.07) is 0. The lowest BCUT2D eigenvalue weighted by atomic mass is 9.99. The Labute approximate surface area is 111 Å². The Morgan fingerprint density at radius 3 is 2.47 bits per heavy atom. The number of rotatable bonds is 6. The summed E-state index contributed by atoms with van der Waals surface area (Å²) in [4.78, 5) is 11.5. The third-order valence-corrected chi connectivity index (χ3v) is 3.09. The van der Waals surface area contributed by atoms with Crippen LogP contribution in [0, 0.1) is 0 Å². The number of esters is 1. The largest absolute Gasteiger partial charge is 0.456 e. The average Bonchev–Trinajstić information content (AvgIpc) is 2.39. The molecule has 0 amide bonds. The molecule has 4 N–H and O–H groups in total. The lowest BCUT2D eigenvalue weighted by Crippen LogP contribution is -2.59. The molecule has 112 valence electrons. The molecule has 1 saturated heterocycles. The van der Waals surface area contributed by atoms with E-state index in [2.05, 4.69) is 0 Å². The fraction of sp³-hybridized carbons (Fsp3) is 0.917. The Morgan fingerprint density at radius 1 is 1.21 bits per heavy atom. The van der Waals surface area contributed by atoms with Gasteiger partial charge in [0.25, 0.3) is 0 Å². The van der Waals surface area contributed by atoms with Crippen molar-refractivity contribution in [3.8, 4) is 0 Å². The second-order valence-corrected chi connectivity index (χ2v) is 4.64. The van der Waals surface area contributed by atoms with Crippen molar-refractivity contribution in [3.05, 3.63) is 0 Å². The summed E-state index contributed by atoms with van der Waals surface area (Å²) < 4.78 is 9.76. The molecule has 19 heavy (non-hydrogen) atoms. The SMILES string of the molecule is CCCCCC(=O)O[C@H]1[C@@H](O)[C@@H](O)O[C@H](CO)[C@@H]1O. The molecule has 1 aliphatic rings. The molecular formula is C12H22O7. The first-order valence-corrected chi connectivity index (χ1v) is 6.51. The van der Waals surface area contributed by atoms with E-state index in [0.717, 1.165) is 12.8 Å². The average molecular weight is 278 g/mol. The number of ether oxygens (including phenoxy) is 2. The van der Waals surface area contributed by atoms with Gasteiger partial charge in [0.05, 0.1) is 6.61 Å². The minimum Gasteiger partial charge on any atom is -0.456 e. The van der Waals surface area contributed by atoms with Crippen LogP contribution in [0.4, 0.5) is 0 Å². The van der Waals surface area contributed by atoms with Gasteiger partial charge >= 0.3 is 5.97 Å². The maximum atomic E-state index is 11.5. The second-order valence-electron chi connectivity index (χ2n) is 4.64. The summed E-state index contributed by atoms with van der Waals surface area (Å²) >= 11 is 0. The molecule has 5 atom stereocenters. The van der Waals surface area contributed by atoms with Crippen molar-refractivity contribution < 1.29 is 34.7 Å². The van der Waals surface area contributed by atoms with E-state index in [-0.39, 0.29) is 6.42 Å². The molecular weight excluding hydrogens is 256 g/mol. The summed E-state index contributed by atoms with van der Waals surface area (Å²) in [5, 5.41) is 37.8. The van der Waals surface area contributed by atoms with E-state index in [1.807, 2.05) is 6.92 Å². The molecule has 0 bridgehead atoms. The molecule has 7 nitrogen and oxygen atoms in total. The van der Waals surface area contributed by atoms with Gasteiger partial charge in [0.1, 0.15) is 18.3 Å². The van der Waals surface area contributed by atoms with Crippen molar-refractivity contribution in [3.63, 3.8) is 0 Å². The van der Waals surface area contributed by atoms with Crippen molar-refractivity contribution in [1.29, 1.82) is 0 Å². The van der Waals surface area contributed by atoms with Crippen LogP contribution in [0.1, 0.15) is 32.6 Å². The quantitative estimate of drug-likeness (QED) is 0.360. The summed E-state index contributed by atoms with van der Waals surface area (Å²) in [6.45, 7) is 1.45. The van der Waals surface area contributed by atoms with Crippen LogP contribution in [0.3, 0.4) is 0 Å². The Hall–Kier alpha value is -0.730. The molecule has 1 rings (SSSR count). The van der Waals surface area contributed by atoms with Gasteiger partial charge in [0, 0.05) is 6.42 Å². The molecule has 0 radical (unpaired) electrons. The first kappa shape index (κ1) is 16.3. The lowest BCUT2D eigenvalue weighted by molar-refractivity contribution is -0.289. The third kappa shape index (κ3) is 4.39. The highest BCUT2D eigenvalue weighted by Crippen LogP contribution is 2.22. The normalized spacial score (nSPS) is 35.1. The Kier molecular flexibility index (Phi) is 6.67. The lowest BCUT2D eigenvalue weighted by Gasteiger charge is -2.39. The van der Waals surface area contributed by atoms with Gasteiger partial charge < -0.3 is 29.9 Å². The van der Waals surface area contributed by atoms with Gasteiger partial charge in [-0.2, -0.15) is 0 Å². The molecule has 0 aliphatic carbocycles. The van der Waals surface area contributed by atoms with Gasteiger partial charge in [-0.15, -0.1) is 0 Å². The zero-order chi connectivity index (χ0) is 14.4. The third-order valence-electron chi connectivity index (χ3n) is 3.09. The summed E-state index contributed by atoms with van der Waals surface area (Å²) in [5.41, 5.74) is 0. The number of carbonyl (C=O) groups excluding carboxylic acids is 1. The molecule has 0 unspecified atom stereocenters. The first-order chi connectivity index (χ1) is 9.01. The zero-order valence-electron chi connectivity index (χ0n) is 10.9. The van der Waals surface area contributed by atoms with Crippen LogP contribution < -0.4 is 0 Å². The minimum atomic E-state index is -1.60. The number of carbonyl (C=O) groups is 1. The van der Waals surface area contributed by atoms with E-state index in [1.165, 1.54) is 0 Å². The predicted octanol–water partition coefficient (Wildman–Crippen LogP) is -1.09. The van der Waals surface area contributed by atoms with Crippen molar-refractivity contribution in [2.75, 3.05) is 6.61 Å². The summed E-state index contributed by atoms with van der Waals surface area (Å²) in [7, 11) is 0. The summed E-state index contributed by atoms with van der Waals surface area (Å²) in [6.07, 6.45) is -4.21. The second kappa shape index (κ2) is 7.76. The van der Waals surface area contributed by atoms with Gasteiger partial charge in [0.2, 0.25) is 0 Å². The molecule has 1 fully saturated rings. The van der Waals surface area contributed by atoms with E-state index in [9.17, 15) is 20.1 Å². The maximum absolute atomic E-state index is 11.5. The van der Waals surface area contributed by atoms with Crippen molar-refractivity contribution in [1.82, 2.24) is 0 Å². The number of aliphatic hydroxyl groups is 4. The topological polar surface area (TPSA) is 116 Å². The summed E-state index contributed by atoms with van der Waals surface area (Å²) in [5.74, 6) is -0.553. The van der Waals surface area contributed by atoms with Gasteiger partial charge in [0.15, 0.2) is 12.4 Å². The molecule has 1 aliphatic heterocycles. The molecule has 0 spiro atoms. The smallest absolute Gasteiger partial charge is 0.306 e. The first-order valence-electron chi connectivity index (χ1n) is 6.51. The zero-order valence-corrected chi connectivity index (χ0v) is 10.9. The molecule has 0 saturated carbocycles. The van der Waals surface area contributed by atoms with E-state index in [1.54, 1.807) is 0 Å². The van der Waals surface area contributed by atoms with Crippen LogP contribution in [-0.2, 0) is 14.3 Å². The molecule has 0 aromatic carbocycles. The van der Waals surface area contributed by atoms with Crippen LogP contribution in [0.15, 0.2) is 0 Å². The highest BCUT2D eigenvalue weighted by molar-refractivity contribution is 5.69. The standard InChI is InChI=1S/C12H22O7/c1-2-3-4-5-8(14)19-11-9(15)7(6-13)18-12(17)10(11)16/h7,9-13,15-17H,2-6H2,1H3/t7-,9+,10-,11-,12+/m1/s1. The fourth-order valence-electron chi connectivity index (χ4n) is 1.94. The molecule has 1 heterocycles. The highest BCUT2D eigenvalue weighted by atomic mass is 16.7. The van der Waals surface area contributed by atoms with E-state index < -0.39 is 43.3 Å². The number of hydrogen-bond acceptors (Lipinski definition) is 7. The Bertz CT molecular complexity index is 283. The molecule has 7 heteroatoms. The van der Waals surface area contributed by atoms with Gasteiger partial charge in [-0.05, 0) is 6.42 Å². The molecule has 0 aromatic rings. The van der Waals surface area contributed by atoms with Crippen LogP contribution >= 0.6 is 0 Å². The van der Waals surface area contributed by atoms with E-state index in [0.29, 0.717) is 6.42 Å². The minimum absolute atomic E-state index is 0.185. The fourth-order valence-corrected chi connectivity index (χ4v) is 1.94. The van der Waals surface area contributed by atoms with Crippen LogP contribution in [-0.4, -0.2) is 63.7 Å². The van der Waals surface area contributed by atoms with Crippen molar-refractivity contribution in [2.24, 2.45) is 0 Å².